The highest BCUT2D eigenvalue weighted by Crippen LogP contribution is 2.16. The van der Waals surface area contributed by atoms with Gasteiger partial charge in [-0.1, -0.05) is 65.7 Å². The Morgan fingerprint density at radius 1 is 0.939 bits per heavy atom. The van der Waals surface area contributed by atoms with Crippen LogP contribution >= 0.6 is 15.9 Å². The summed E-state index contributed by atoms with van der Waals surface area (Å²) in [4.78, 5) is 30.1. The number of unbranched alkanes of at least 4 members (excludes halogenated alkanes) is 1. The molecule has 3 rings (SSSR count). The van der Waals surface area contributed by atoms with Crippen molar-refractivity contribution >= 4 is 27.7 Å². The molecule has 0 fully saturated rings. The lowest BCUT2D eigenvalue weighted by Crippen LogP contribution is -2.43. The van der Waals surface area contributed by atoms with Gasteiger partial charge in [-0.05, 0) is 55.7 Å². The Kier molecular flexibility index (Phi) is 9.31. The fourth-order valence-electron chi connectivity index (χ4n) is 3.63. The van der Waals surface area contributed by atoms with E-state index in [9.17, 15) is 9.59 Å². The standard InChI is InChI=1S/C27H31BrN2O3/c1-3-4-16-30(27(32)23-11-8-12-24(28)18-23)20-26(31)29(19-25-14-13-21(2)33-25)17-15-22-9-6-5-7-10-22/h5-14,18H,3-4,15-17,19-20H2,1-2H3. The zero-order valence-corrected chi connectivity index (χ0v) is 20.9. The van der Waals surface area contributed by atoms with Crippen LogP contribution in [-0.2, 0) is 17.8 Å². The number of benzene rings is 2. The lowest BCUT2D eigenvalue weighted by atomic mass is 10.1. The van der Waals surface area contributed by atoms with Gasteiger partial charge in [-0.25, -0.2) is 0 Å². The number of hydrogen-bond acceptors (Lipinski definition) is 3. The third-order valence-corrected chi connectivity index (χ3v) is 5.97. The fourth-order valence-corrected chi connectivity index (χ4v) is 4.03. The van der Waals surface area contributed by atoms with Gasteiger partial charge in [-0.3, -0.25) is 9.59 Å². The first-order valence-corrected chi connectivity index (χ1v) is 12.2. The van der Waals surface area contributed by atoms with Crippen molar-refractivity contribution in [2.24, 2.45) is 0 Å². The van der Waals surface area contributed by atoms with Gasteiger partial charge < -0.3 is 14.2 Å². The molecule has 3 aromatic rings. The number of nitrogens with zero attached hydrogens (tertiary/aromatic N) is 2. The van der Waals surface area contributed by atoms with Gasteiger partial charge in [0.15, 0.2) is 0 Å². The number of furan rings is 1. The van der Waals surface area contributed by atoms with Crippen LogP contribution in [0.15, 0.2) is 75.6 Å². The van der Waals surface area contributed by atoms with Crippen LogP contribution in [0.3, 0.4) is 0 Å². The average molecular weight is 511 g/mol. The first-order valence-electron chi connectivity index (χ1n) is 11.4. The first kappa shape index (κ1) is 24.8. The van der Waals surface area contributed by atoms with E-state index in [1.807, 2.05) is 49.4 Å². The molecule has 2 aromatic carbocycles. The minimum atomic E-state index is -0.130. The van der Waals surface area contributed by atoms with Gasteiger partial charge in [0, 0.05) is 23.1 Å². The van der Waals surface area contributed by atoms with E-state index >= 15 is 0 Å². The molecule has 1 aromatic heterocycles. The molecule has 0 aliphatic heterocycles. The smallest absolute Gasteiger partial charge is 0.254 e. The summed E-state index contributed by atoms with van der Waals surface area (Å²) in [7, 11) is 0. The third kappa shape index (κ3) is 7.60. The van der Waals surface area contributed by atoms with Gasteiger partial charge in [-0.15, -0.1) is 0 Å². The van der Waals surface area contributed by atoms with Gasteiger partial charge in [-0.2, -0.15) is 0 Å². The number of halogens is 1. The van der Waals surface area contributed by atoms with Crippen molar-refractivity contribution in [3.8, 4) is 0 Å². The van der Waals surface area contributed by atoms with Gasteiger partial charge in [0.25, 0.3) is 5.91 Å². The van der Waals surface area contributed by atoms with Gasteiger partial charge in [0.2, 0.25) is 5.91 Å². The normalized spacial score (nSPS) is 10.8. The molecule has 0 N–H and O–H groups in total. The molecule has 2 amide bonds. The second-order valence-electron chi connectivity index (χ2n) is 8.15. The van der Waals surface area contributed by atoms with Crippen molar-refractivity contribution in [2.45, 2.75) is 39.7 Å². The van der Waals surface area contributed by atoms with Gasteiger partial charge in [0.05, 0.1) is 6.54 Å². The van der Waals surface area contributed by atoms with E-state index in [0.717, 1.165) is 35.3 Å². The molecule has 0 aliphatic rings. The van der Waals surface area contributed by atoms with Crippen LogP contribution < -0.4 is 0 Å². The van der Waals surface area contributed by atoms with Gasteiger partial charge in [0.1, 0.15) is 18.1 Å². The second-order valence-corrected chi connectivity index (χ2v) is 9.07. The van der Waals surface area contributed by atoms with E-state index in [1.54, 1.807) is 21.9 Å². The van der Waals surface area contributed by atoms with Crippen LogP contribution in [0.5, 0.6) is 0 Å². The van der Waals surface area contributed by atoms with E-state index in [1.165, 1.54) is 5.56 Å². The van der Waals surface area contributed by atoms with E-state index in [0.29, 0.717) is 25.2 Å². The summed E-state index contributed by atoms with van der Waals surface area (Å²) in [6.07, 6.45) is 2.52. The summed E-state index contributed by atoms with van der Waals surface area (Å²) in [5, 5.41) is 0. The molecule has 0 aliphatic carbocycles. The number of amides is 2. The molecular weight excluding hydrogens is 480 g/mol. The minimum Gasteiger partial charge on any atom is -0.464 e. The monoisotopic (exact) mass is 510 g/mol. The summed E-state index contributed by atoms with van der Waals surface area (Å²) < 4.78 is 6.58. The van der Waals surface area contributed by atoms with Crippen LogP contribution in [0, 0.1) is 6.92 Å². The Labute approximate surface area is 204 Å². The maximum Gasteiger partial charge on any atom is 0.254 e. The zero-order valence-electron chi connectivity index (χ0n) is 19.3. The molecule has 0 saturated heterocycles. The molecule has 5 nitrogen and oxygen atoms in total. The highest BCUT2D eigenvalue weighted by Gasteiger charge is 2.23. The van der Waals surface area contributed by atoms with Crippen LogP contribution in [0.1, 0.15) is 47.2 Å². The summed E-state index contributed by atoms with van der Waals surface area (Å²) in [6, 6.07) is 21.2. The van der Waals surface area contributed by atoms with Crippen LogP contribution in [0.25, 0.3) is 0 Å². The lowest BCUT2D eigenvalue weighted by molar-refractivity contribution is -0.132. The van der Waals surface area contributed by atoms with Crippen molar-refractivity contribution in [1.82, 2.24) is 9.80 Å². The van der Waals surface area contributed by atoms with Crippen LogP contribution in [-0.4, -0.2) is 41.2 Å². The van der Waals surface area contributed by atoms with Crippen LogP contribution in [0.4, 0.5) is 0 Å². The van der Waals surface area contributed by atoms with Gasteiger partial charge >= 0.3 is 0 Å². The van der Waals surface area contributed by atoms with E-state index < -0.39 is 0 Å². The Bertz CT molecular complexity index is 1050. The quantitative estimate of drug-likeness (QED) is 0.324. The summed E-state index contributed by atoms with van der Waals surface area (Å²) >= 11 is 3.43. The minimum absolute atomic E-state index is 0.0415. The molecule has 33 heavy (non-hydrogen) atoms. The molecule has 0 bridgehead atoms. The molecule has 6 heteroatoms. The second kappa shape index (κ2) is 12.4. The molecule has 0 spiro atoms. The molecular formula is C27H31BrN2O3. The molecule has 0 atom stereocenters. The predicted molar refractivity (Wildman–Crippen MR) is 134 cm³/mol. The Morgan fingerprint density at radius 2 is 1.73 bits per heavy atom. The third-order valence-electron chi connectivity index (χ3n) is 5.48. The largest absolute Gasteiger partial charge is 0.464 e. The molecule has 174 valence electrons. The van der Waals surface area contributed by atoms with Crippen molar-refractivity contribution in [1.29, 1.82) is 0 Å². The number of rotatable bonds is 11. The maximum atomic E-state index is 13.4. The zero-order chi connectivity index (χ0) is 23.6. The van der Waals surface area contributed by atoms with Crippen molar-refractivity contribution in [2.75, 3.05) is 19.6 Å². The predicted octanol–water partition coefficient (Wildman–Crippen LogP) is 5.86. The van der Waals surface area contributed by atoms with Crippen molar-refractivity contribution < 1.29 is 14.0 Å². The molecule has 0 radical (unpaired) electrons. The lowest BCUT2D eigenvalue weighted by Gasteiger charge is -2.27. The van der Waals surface area contributed by atoms with Crippen LogP contribution in [0.2, 0.25) is 0 Å². The Hall–Kier alpha value is -2.86. The fraction of sp³-hybridized carbons (Fsp3) is 0.333. The maximum absolute atomic E-state index is 13.4. The first-order chi connectivity index (χ1) is 16.0. The number of carbonyl (C=O) groups is 2. The number of aryl methyl sites for hydroxylation is 1. The summed E-state index contributed by atoms with van der Waals surface area (Å²) in [5.41, 5.74) is 1.74. The highest BCUT2D eigenvalue weighted by atomic mass is 79.9. The Morgan fingerprint density at radius 3 is 2.39 bits per heavy atom. The average Bonchev–Trinajstić information content (AvgIpc) is 3.24. The topological polar surface area (TPSA) is 53.8 Å². The molecule has 1 heterocycles. The van der Waals surface area contributed by atoms with E-state index in [4.69, 9.17) is 4.42 Å². The van der Waals surface area contributed by atoms with Crippen molar-refractivity contribution in [3.05, 3.63) is 93.9 Å². The van der Waals surface area contributed by atoms with E-state index in [2.05, 4.69) is 35.0 Å². The Balaban J connectivity index is 1.76. The summed E-state index contributed by atoms with van der Waals surface area (Å²) in [6.45, 7) is 5.49. The SMILES string of the molecule is CCCCN(CC(=O)N(CCc1ccccc1)Cc1ccc(C)o1)C(=O)c1cccc(Br)c1. The number of carbonyl (C=O) groups excluding carboxylic acids is 2. The van der Waals surface area contributed by atoms with Crippen molar-refractivity contribution in [3.63, 3.8) is 0 Å². The summed E-state index contributed by atoms with van der Waals surface area (Å²) in [5.74, 6) is 1.34. The number of hydrogen-bond donors (Lipinski definition) is 0. The molecule has 0 unspecified atom stereocenters. The van der Waals surface area contributed by atoms with E-state index in [-0.39, 0.29) is 18.4 Å². The molecule has 0 saturated carbocycles. The highest BCUT2D eigenvalue weighted by molar-refractivity contribution is 9.10.